The van der Waals surface area contributed by atoms with Crippen LogP contribution in [0.5, 0.6) is 0 Å². The molecule has 1 heterocycles. The van der Waals surface area contributed by atoms with Crippen molar-refractivity contribution in [2.45, 2.75) is 39.2 Å². The Morgan fingerprint density at radius 2 is 2.13 bits per heavy atom. The predicted octanol–water partition coefficient (Wildman–Crippen LogP) is 3.67. The average Bonchev–Trinajstić information content (AvgIpc) is 2.17. The Morgan fingerprint density at radius 3 is 2.73 bits per heavy atom. The fourth-order valence-corrected chi connectivity index (χ4v) is 2.10. The summed E-state index contributed by atoms with van der Waals surface area (Å²) in [6, 6.07) is 3.96. The van der Waals surface area contributed by atoms with Gasteiger partial charge in [-0.15, -0.1) is 0 Å². The van der Waals surface area contributed by atoms with Gasteiger partial charge < -0.3 is 5.73 Å². The van der Waals surface area contributed by atoms with Gasteiger partial charge in [-0.2, -0.15) is 0 Å². The number of nitrogens with zero attached hydrogens (tertiary/aromatic N) is 1. The Kier molecular flexibility index (Phi) is 5.26. The maximum atomic E-state index is 6.09. The molecule has 0 saturated carbocycles. The molecule has 0 amide bonds. The van der Waals surface area contributed by atoms with Crippen molar-refractivity contribution in [1.82, 2.24) is 4.98 Å². The lowest BCUT2D eigenvalue weighted by Gasteiger charge is -2.13. The second kappa shape index (κ2) is 6.23. The van der Waals surface area contributed by atoms with Gasteiger partial charge in [0.2, 0.25) is 0 Å². The van der Waals surface area contributed by atoms with Crippen molar-refractivity contribution in [3.05, 3.63) is 28.5 Å². The van der Waals surface area contributed by atoms with Gasteiger partial charge in [-0.05, 0) is 40.4 Å². The van der Waals surface area contributed by atoms with Crippen LogP contribution >= 0.6 is 15.9 Å². The van der Waals surface area contributed by atoms with E-state index in [9.17, 15) is 0 Å². The van der Waals surface area contributed by atoms with E-state index in [0.717, 1.165) is 22.5 Å². The Bertz CT molecular complexity index is 299. The monoisotopic (exact) mass is 270 g/mol. The van der Waals surface area contributed by atoms with Gasteiger partial charge >= 0.3 is 0 Å². The molecule has 3 heteroatoms. The van der Waals surface area contributed by atoms with Crippen LogP contribution in [0.25, 0.3) is 0 Å². The molecule has 2 N–H and O–H groups in total. The molecular formula is C12H19BrN2. The average molecular weight is 271 g/mol. The second-order valence-electron chi connectivity index (χ2n) is 4.30. The molecule has 0 fully saturated rings. The third kappa shape index (κ3) is 4.31. The zero-order valence-corrected chi connectivity index (χ0v) is 11.0. The zero-order chi connectivity index (χ0) is 11.3. The summed E-state index contributed by atoms with van der Waals surface area (Å²) in [5.74, 6) is 0.754. The maximum absolute atomic E-state index is 6.09. The Balaban J connectivity index is 2.47. The highest BCUT2D eigenvalue weighted by molar-refractivity contribution is 9.10. The number of aromatic nitrogens is 1. The predicted molar refractivity (Wildman–Crippen MR) is 67.6 cm³/mol. The van der Waals surface area contributed by atoms with Crippen LogP contribution in [0.3, 0.4) is 0 Å². The summed E-state index contributed by atoms with van der Waals surface area (Å²) >= 11 is 3.48. The van der Waals surface area contributed by atoms with Crippen LogP contribution in [0.1, 0.15) is 44.8 Å². The van der Waals surface area contributed by atoms with E-state index >= 15 is 0 Å². The molecule has 15 heavy (non-hydrogen) atoms. The first-order chi connectivity index (χ1) is 7.11. The standard InChI is InChI=1S/C12H19BrN2/c1-9(2)5-3-7-11(14)12-10(13)6-4-8-15-12/h4,6,8-9,11H,3,5,7,14H2,1-2H3. The van der Waals surface area contributed by atoms with Crippen LogP contribution in [0.4, 0.5) is 0 Å². The molecule has 0 aliphatic carbocycles. The van der Waals surface area contributed by atoms with Crippen molar-refractivity contribution in [3.8, 4) is 0 Å². The molecule has 1 rings (SSSR count). The highest BCUT2D eigenvalue weighted by Crippen LogP contribution is 2.23. The van der Waals surface area contributed by atoms with Gasteiger partial charge in [0.1, 0.15) is 0 Å². The minimum atomic E-state index is 0.0549. The minimum Gasteiger partial charge on any atom is -0.323 e. The first-order valence-corrected chi connectivity index (χ1v) is 6.26. The highest BCUT2D eigenvalue weighted by atomic mass is 79.9. The highest BCUT2D eigenvalue weighted by Gasteiger charge is 2.10. The van der Waals surface area contributed by atoms with E-state index in [1.165, 1.54) is 12.8 Å². The summed E-state index contributed by atoms with van der Waals surface area (Å²) in [6.45, 7) is 4.48. The Labute approximate surface area is 100 Å². The fourth-order valence-electron chi connectivity index (χ4n) is 1.55. The Morgan fingerprint density at radius 1 is 1.40 bits per heavy atom. The second-order valence-corrected chi connectivity index (χ2v) is 5.16. The lowest BCUT2D eigenvalue weighted by atomic mass is 10.0. The summed E-state index contributed by atoms with van der Waals surface area (Å²) in [4.78, 5) is 4.30. The van der Waals surface area contributed by atoms with Crippen LogP contribution in [-0.2, 0) is 0 Å². The number of hydrogen-bond acceptors (Lipinski definition) is 2. The summed E-state index contributed by atoms with van der Waals surface area (Å²) < 4.78 is 1.02. The van der Waals surface area contributed by atoms with E-state index in [-0.39, 0.29) is 6.04 Å². The largest absolute Gasteiger partial charge is 0.323 e. The molecule has 2 nitrogen and oxygen atoms in total. The fraction of sp³-hybridized carbons (Fsp3) is 0.583. The van der Waals surface area contributed by atoms with Gasteiger partial charge in [0.15, 0.2) is 0 Å². The lowest BCUT2D eigenvalue weighted by molar-refractivity contribution is 0.500. The third-order valence-electron chi connectivity index (χ3n) is 2.43. The quantitative estimate of drug-likeness (QED) is 0.887. The van der Waals surface area contributed by atoms with E-state index in [2.05, 4.69) is 34.8 Å². The molecule has 1 unspecified atom stereocenters. The van der Waals surface area contributed by atoms with Gasteiger partial charge in [-0.3, -0.25) is 4.98 Å². The number of pyridine rings is 1. The normalized spacial score (nSPS) is 13.1. The molecule has 1 atom stereocenters. The van der Waals surface area contributed by atoms with Crippen LogP contribution in [0.2, 0.25) is 0 Å². The van der Waals surface area contributed by atoms with Crippen molar-refractivity contribution in [2.24, 2.45) is 11.7 Å². The number of rotatable bonds is 5. The molecular weight excluding hydrogens is 252 g/mol. The summed E-state index contributed by atoms with van der Waals surface area (Å²) in [7, 11) is 0. The summed E-state index contributed by atoms with van der Waals surface area (Å²) in [6.07, 6.45) is 5.20. The zero-order valence-electron chi connectivity index (χ0n) is 9.41. The van der Waals surface area contributed by atoms with Crippen molar-refractivity contribution in [3.63, 3.8) is 0 Å². The number of hydrogen-bond donors (Lipinski definition) is 1. The smallest absolute Gasteiger partial charge is 0.0712 e. The summed E-state index contributed by atoms with van der Waals surface area (Å²) in [5.41, 5.74) is 7.06. The van der Waals surface area contributed by atoms with E-state index in [1.807, 2.05) is 12.1 Å². The van der Waals surface area contributed by atoms with Gasteiger partial charge in [0.05, 0.1) is 5.69 Å². The molecule has 0 radical (unpaired) electrons. The molecule has 0 spiro atoms. The van der Waals surface area contributed by atoms with Crippen LogP contribution in [0, 0.1) is 5.92 Å². The van der Waals surface area contributed by atoms with E-state index in [0.29, 0.717) is 0 Å². The van der Waals surface area contributed by atoms with E-state index in [4.69, 9.17) is 5.73 Å². The van der Waals surface area contributed by atoms with Crippen molar-refractivity contribution in [1.29, 1.82) is 0 Å². The van der Waals surface area contributed by atoms with Crippen molar-refractivity contribution in [2.75, 3.05) is 0 Å². The van der Waals surface area contributed by atoms with Crippen LogP contribution < -0.4 is 5.73 Å². The van der Waals surface area contributed by atoms with Crippen molar-refractivity contribution >= 4 is 15.9 Å². The molecule has 1 aromatic heterocycles. The van der Waals surface area contributed by atoms with Gasteiger partial charge in [-0.25, -0.2) is 0 Å². The molecule has 84 valence electrons. The van der Waals surface area contributed by atoms with Crippen LogP contribution in [0.15, 0.2) is 22.8 Å². The topological polar surface area (TPSA) is 38.9 Å². The molecule has 0 aliphatic rings. The van der Waals surface area contributed by atoms with Gasteiger partial charge in [0.25, 0.3) is 0 Å². The molecule has 0 aliphatic heterocycles. The van der Waals surface area contributed by atoms with Crippen LogP contribution in [-0.4, -0.2) is 4.98 Å². The van der Waals surface area contributed by atoms with Crippen molar-refractivity contribution < 1.29 is 0 Å². The lowest BCUT2D eigenvalue weighted by Crippen LogP contribution is -2.12. The third-order valence-corrected chi connectivity index (χ3v) is 3.11. The maximum Gasteiger partial charge on any atom is 0.0712 e. The Hall–Kier alpha value is -0.410. The SMILES string of the molecule is CC(C)CCCC(N)c1ncccc1Br. The van der Waals surface area contributed by atoms with E-state index < -0.39 is 0 Å². The van der Waals surface area contributed by atoms with E-state index in [1.54, 1.807) is 6.20 Å². The number of nitrogens with two attached hydrogens (primary N) is 1. The molecule has 0 saturated heterocycles. The molecule has 1 aromatic rings. The van der Waals surface area contributed by atoms with Gasteiger partial charge in [0, 0.05) is 16.7 Å². The minimum absolute atomic E-state index is 0.0549. The molecule has 0 bridgehead atoms. The molecule has 0 aromatic carbocycles. The first-order valence-electron chi connectivity index (χ1n) is 5.47. The summed E-state index contributed by atoms with van der Waals surface area (Å²) in [5, 5.41) is 0. The number of halogens is 1. The van der Waals surface area contributed by atoms with Gasteiger partial charge in [-0.1, -0.05) is 26.7 Å². The first kappa shape index (κ1) is 12.7.